The molecule has 42 valence electrons. The van der Waals surface area contributed by atoms with E-state index in [-0.39, 0.29) is 12.3 Å². The van der Waals surface area contributed by atoms with E-state index < -0.39 is 0 Å². The van der Waals surface area contributed by atoms with Gasteiger partial charge >= 0.3 is 0 Å². The van der Waals surface area contributed by atoms with Gasteiger partial charge in [-0.05, 0) is 0 Å². The van der Waals surface area contributed by atoms with Gasteiger partial charge in [0.15, 0.2) is 0 Å². The van der Waals surface area contributed by atoms with Crippen molar-refractivity contribution in [2.75, 3.05) is 12.3 Å². The summed E-state index contributed by atoms with van der Waals surface area (Å²) >= 11 is 3.80. The summed E-state index contributed by atoms with van der Waals surface area (Å²) in [7, 11) is 0. The molecular weight excluding hydrogens is 98.1 g/mol. The molecule has 0 aromatic carbocycles. The number of rotatable bonds is 1. The highest BCUT2D eigenvalue weighted by Crippen LogP contribution is 1.58. The quantitative estimate of drug-likeness (QED) is 0.364. The van der Waals surface area contributed by atoms with E-state index in [1.54, 1.807) is 0 Å². The summed E-state index contributed by atoms with van der Waals surface area (Å²) in [5.74, 6) is 0.792. The number of thiol groups is 1. The lowest BCUT2D eigenvalue weighted by Gasteiger charge is -1.69. The summed E-state index contributed by atoms with van der Waals surface area (Å²) in [6.07, 6.45) is 0. The second-order valence-electron chi connectivity index (χ2n) is 0.512. The molecular formula is C2H13N3S. The summed E-state index contributed by atoms with van der Waals surface area (Å²) in [4.78, 5) is 0. The second kappa shape index (κ2) is 18.8. The molecule has 8 N–H and O–H groups in total. The van der Waals surface area contributed by atoms with Crippen LogP contribution >= 0.6 is 12.6 Å². The van der Waals surface area contributed by atoms with Crippen molar-refractivity contribution in [2.24, 2.45) is 5.73 Å². The lowest BCUT2D eigenvalue weighted by atomic mass is 10.8. The fraction of sp³-hybridized carbons (Fsp3) is 1.00. The van der Waals surface area contributed by atoms with E-state index in [2.05, 4.69) is 12.6 Å². The third-order valence-electron chi connectivity index (χ3n) is 0.129. The molecule has 3 nitrogen and oxygen atoms in total. The van der Waals surface area contributed by atoms with Gasteiger partial charge in [0.25, 0.3) is 0 Å². The van der Waals surface area contributed by atoms with Gasteiger partial charge < -0.3 is 18.0 Å². The Hall–Kier alpha value is 0.230. The van der Waals surface area contributed by atoms with Crippen molar-refractivity contribution in [2.45, 2.75) is 0 Å². The highest BCUT2D eigenvalue weighted by molar-refractivity contribution is 7.80. The normalized spacial score (nSPS) is 5.00. The van der Waals surface area contributed by atoms with Gasteiger partial charge in [-0.15, -0.1) is 0 Å². The van der Waals surface area contributed by atoms with Gasteiger partial charge in [0.05, 0.1) is 0 Å². The van der Waals surface area contributed by atoms with E-state index in [9.17, 15) is 0 Å². The average molecular weight is 111 g/mol. The maximum Gasteiger partial charge on any atom is 0.00255 e. The molecule has 0 spiro atoms. The van der Waals surface area contributed by atoms with Crippen molar-refractivity contribution in [3.63, 3.8) is 0 Å². The van der Waals surface area contributed by atoms with Crippen molar-refractivity contribution in [3.8, 4) is 0 Å². The van der Waals surface area contributed by atoms with Gasteiger partial charge in [-0.3, -0.25) is 0 Å². The molecule has 0 saturated heterocycles. The van der Waals surface area contributed by atoms with Crippen molar-refractivity contribution in [1.29, 1.82) is 0 Å². The van der Waals surface area contributed by atoms with Crippen LogP contribution in [0.3, 0.4) is 0 Å². The highest BCUT2D eigenvalue weighted by atomic mass is 32.1. The van der Waals surface area contributed by atoms with Crippen LogP contribution < -0.4 is 18.0 Å². The first-order valence-corrected chi connectivity index (χ1v) is 1.86. The van der Waals surface area contributed by atoms with Crippen molar-refractivity contribution in [1.82, 2.24) is 12.3 Å². The van der Waals surface area contributed by atoms with Crippen LogP contribution in [-0.4, -0.2) is 12.3 Å². The van der Waals surface area contributed by atoms with Crippen molar-refractivity contribution < 1.29 is 0 Å². The molecule has 0 aliphatic heterocycles. The van der Waals surface area contributed by atoms with E-state index in [4.69, 9.17) is 5.73 Å². The molecule has 0 heterocycles. The second-order valence-corrected chi connectivity index (χ2v) is 0.959. The molecule has 0 aromatic rings. The van der Waals surface area contributed by atoms with Gasteiger partial charge in [0.2, 0.25) is 0 Å². The first-order chi connectivity index (χ1) is 1.91. The molecule has 0 aliphatic rings. The van der Waals surface area contributed by atoms with Gasteiger partial charge in [-0.1, -0.05) is 0 Å². The molecule has 4 heteroatoms. The molecule has 0 atom stereocenters. The fourth-order valence-corrected chi connectivity index (χ4v) is 0. The SMILES string of the molecule is N.N.NCCS. The third kappa shape index (κ3) is 29.2. The Kier molecular flexibility index (Phi) is 51.2. The molecule has 0 bridgehead atoms. The summed E-state index contributed by atoms with van der Waals surface area (Å²) in [6, 6.07) is 0. The van der Waals surface area contributed by atoms with Crippen LogP contribution in [0.4, 0.5) is 0 Å². The first-order valence-electron chi connectivity index (χ1n) is 1.22. The molecule has 0 amide bonds. The van der Waals surface area contributed by atoms with Crippen LogP contribution in [0.25, 0.3) is 0 Å². The number of nitrogens with two attached hydrogens (primary N) is 1. The average Bonchev–Trinajstić information content (AvgIpc) is 1.37. The largest absolute Gasteiger partial charge is 0.344 e. The maximum absolute atomic E-state index is 4.95. The summed E-state index contributed by atoms with van der Waals surface area (Å²) in [5, 5.41) is 0. The predicted molar refractivity (Wildman–Crippen MR) is 33.0 cm³/mol. The van der Waals surface area contributed by atoms with Gasteiger partial charge in [0.1, 0.15) is 0 Å². The zero-order valence-corrected chi connectivity index (χ0v) is 4.75. The van der Waals surface area contributed by atoms with Crippen molar-refractivity contribution >= 4 is 12.6 Å². The van der Waals surface area contributed by atoms with E-state index in [0.717, 1.165) is 5.75 Å². The third-order valence-corrected chi connectivity index (χ3v) is 0.387. The lowest BCUT2D eigenvalue weighted by Crippen LogP contribution is -1.97. The van der Waals surface area contributed by atoms with Crippen LogP contribution in [0.5, 0.6) is 0 Å². The molecule has 0 saturated carbocycles. The van der Waals surface area contributed by atoms with Crippen LogP contribution in [-0.2, 0) is 0 Å². The number of hydrogen-bond acceptors (Lipinski definition) is 4. The zero-order chi connectivity index (χ0) is 3.41. The molecule has 0 unspecified atom stereocenters. The summed E-state index contributed by atoms with van der Waals surface area (Å²) < 4.78 is 0. The zero-order valence-electron chi connectivity index (χ0n) is 3.85. The summed E-state index contributed by atoms with van der Waals surface area (Å²) in [6.45, 7) is 0.684. The Balaban J connectivity index is -0.0000000450. The van der Waals surface area contributed by atoms with E-state index in [1.807, 2.05) is 0 Å². The highest BCUT2D eigenvalue weighted by Gasteiger charge is 1.56. The molecule has 0 aromatic heterocycles. The topological polar surface area (TPSA) is 96.0 Å². The molecule has 0 aliphatic carbocycles. The van der Waals surface area contributed by atoms with E-state index >= 15 is 0 Å². The Morgan fingerprint density at radius 3 is 1.50 bits per heavy atom. The van der Waals surface area contributed by atoms with Crippen LogP contribution in [0.15, 0.2) is 0 Å². The first kappa shape index (κ1) is 16.3. The molecule has 6 heavy (non-hydrogen) atoms. The van der Waals surface area contributed by atoms with Crippen LogP contribution in [0, 0.1) is 0 Å². The Bertz CT molecular complexity index is 10.8. The minimum atomic E-state index is 0. The van der Waals surface area contributed by atoms with Gasteiger partial charge in [0, 0.05) is 12.3 Å². The Morgan fingerprint density at radius 2 is 1.50 bits per heavy atom. The maximum atomic E-state index is 4.95. The fourth-order valence-electron chi connectivity index (χ4n) is 0. The predicted octanol–water partition coefficient (Wildman–Crippen LogP) is 0.199. The molecule has 0 radical (unpaired) electrons. The number of hydrogen-bond donors (Lipinski definition) is 4. The van der Waals surface area contributed by atoms with Crippen molar-refractivity contribution in [3.05, 3.63) is 0 Å². The molecule has 0 rings (SSSR count). The Labute approximate surface area is 43.9 Å². The minimum absolute atomic E-state index is 0. The molecule has 0 fully saturated rings. The van der Waals surface area contributed by atoms with Crippen LogP contribution in [0.1, 0.15) is 0 Å². The summed E-state index contributed by atoms with van der Waals surface area (Å²) in [5.41, 5.74) is 4.95. The van der Waals surface area contributed by atoms with Gasteiger partial charge in [-0.25, -0.2) is 0 Å². The standard InChI is InChI=1S/C2H7NS.2H3N/c3-1-2-4;;/h4H,1-3H2;2*1H3. The Morgan fingerprint density at radius 1 is 1.33 bits per heavy atom. The lowest BCUT2D eigenvalue weighted by molar-refractivity contribution is 1.16. The van der Waals surface area contributed by atoms with Crippen LogP contribution in [0.2, 0.25) is 0 Å². The minimum Gasteiger partial charge on any atom is -0.344 e. The van der Waals surface area contributed by atoms with E-state index in [0.29, 0.717) is 6.54 Å². The van der Waals surface area contributed by atoms with E-state index in [1.165, 1.54) is 0 Å². The monoisotopic (exact) mass is 111 g/mol. The smallest absolute Gasteiger partial charge is 0.00255 e. The van der Waals surface area contributed by atoms with Gasteiger partial charge in [-0.2, -0.15) is 12.6 Å².